The number of amides is 1. The fraction of sp³-hybridized carbons (Fsp3) is 0.643. The van der Waals surface area contributed by atoms with Crippen LogP contribution in [0.2, 0.25) is 0 Å². The molecule has 1 heterocycles. The number of nitrogens with zero attached hydrogens (tertiary/aromatic N) is 1. The highest BCUT2D eigenvalue weighted by molar-refractivity contribution is 5.75. The molecule has 0 saturated heterocycles. The van der Waals surface area contributed by atoms with Crippen molar-refractivity contribution < 1.29 is 14.0 Å². The lowest BCUT2D eigenvalue weighted by Gasteiger charge is -2.22. The van der Waals surface area contributed by atoms with Gasteiger partial charge in [-0.15, -0.1) is 0 Å². The molecule has 0 bridgehead atoms. The second-order valence-corrected chi connectivity index (χ2v) is 10.2. The first-order chi connectivity index (χ1) is 16.8. The Bertz CT molecular complexity index is 842. The third kappa shape index (κ3) is 8.24. The molecule has 186 valence electrons. The van der Waals surface area contributed by atoms with E-state index in [-0.39, 0.29) is 11.8 Å². The molecule has 2 N–H and O–H groups in total. The number of oxazole rings is 1. The van der Waals surface area contributed by atoms with Crippen LogP contribution in [-0.4, -0.2) is 16.9 Å². The third-order valence-corrected chi connectivity index (χ3v) is 7.43. The molecule has 0 spiro atoms. The van der Waals surface area contributed by atoms with Gasteiger partial charge in [0.25, 0.3) is 0 Å². The summed E-state index contributed by atoms with van der Waals surface area (Å²) in [6.07, 6.45) is 17.3. The molecular formula is C28H41N3O3. The maximum absolute atomic E-state index is 12.7. The van der Waals surface area contributed by atoms with E-state index in [1.165, 1.54) is 64.2 Å². The maximum Gasteiger partial charge on any atom is 0.244 e. The van der Waals surface area contributed by atoms with E-state index < -0.39 is 0 Å². The molecule has 0 unspecified atom stereocenters. The summed E-state index contributed by atoms with van der Waals surface area (Å²) in [6, 6.07) is 10.4. The summed E-state index contributed by atoms with van der Waals surface area (Å²) in [5.74, 6) is 1.38. The Morgan fingerprint density at radius 1 is 1.06 bits per heavy atom. The highest BCUT2D eigenvalue weighted by atomic mass is 16.6. The van der Waals surface area contributed by atoms with Crippen molar-refractivity contribution in [3.63, 3.8) is 0 Å². The van der Waals surface area contributed by atoms with E-state index in [2.05, 4.69) is 10.8 Å². The van der Waals surface area contributed by atoms with Crippen LogP contribution in [0.1, 0.15) is 107 Å². The second-order valence-electron chi connectivity index (χ2n) is 10.2. The van der Waals surface area contributed by atoms with Crippen LogP contribution in [0.3, 0.4) is 0 Å². The van der Waals surface area contributed by atoms with E-state index in [0.29, 0.717) is 25.0 Å². The number of carbonyl (C=O) groups excluding carboxylic acids is 1. The SMILES string of the molecule is O=C(C[C@@H](CCCC1CCCCC1)c1nc(CNC2CCCC2)co1)NOCc1ccccc1. The van der Waals surface area contributed by atoms with Crippen LogP contribution < -0.4 is 10.8 Å². The number of aromatic nitrogens is 1. The Kier molecular flexibility index (Phi) is 10.0. The summed E-state index contributed by atoms with van der Waals surface area (Å²) in [5, 5.41) is 3.60. The largest absolute Gasteiger partial charge is 0.448 e. The average molecular weight is 468 g/mol. The van der Waals surface area contributed by atoms with Gasteiger partial charge in [-0.2, -0.15) is 0 Å². The molecule has 6 heteroatoms. The van der Waals surface area contributed by atoms with Crippen molar-refractivity contribution in [2.24, 2.45) is 5.92 Å². The van der Waals surface area contributed by atoms with Crippen LogP contribution in [0.25, 0.3) is 0 Å². The highest BCUT2D eigenvalue weighted by Crippen LogP contribution is 2.31. The van der Waals surface area contributed by atoms with Gasteiger partial charge in [0.15, 0.2) is 5.89 Å². The Balaban J connectivity index is 1.28. The van der Waals surface area contributed by atoms with Crippen LogP contribution in [0, 0.1) is 5.92 Å². The number of carbonyl (C=O) groups is 1. The van der Waals surface area contributed by atoms with Crippen molar-refractivity contribution in [1.82, 2.24) is 15.8 Å². The first kappa shape index (κ1) is 24.9. The fourth-order valence-electron chi connectivity index (χ4n) is 5.45. The van der Waals surface area contributed by atoms with Crippen molar-refractivity contribution >= 4 is 5.91 Å². The van der Waals surface area contributed by atoms with Gasteiger partial charge in [0.05, 0.1) is 12.3 Å². The number of hydroxylamine groups is 1. The predicted molar refractivity (Wildman–Crippen MR) is 133 cm³/mol. The maximum atomic E-state index is 12.7. The third-order valence-electron chi connectivity index (χ3n) is 7.43. The first-order valence-electron chi connectivity index (χ1n) is 13.4. The minimum Gasteiger partial charge on any atom is -0.448 e. The molecule has 2 aliphatic carbocycles. The average Bonchev–Trinajstić information content (AvgIpc) is 3.56. The summed E-state index contributed by atoms with van der Waals surface area (Å²) in [4.78, 5) is 22.9. The Labute approximate surface area is 204 Å². The zero-order valence-electron chi connectivity index (χ0n) is 20.5. The molecule has 1 aromatic carbocycles. The van der Waals surface area contributed by atoms with Gasteiger partial charge >= 0.3 is 0 Å². The predicted octanol–water partition coefficient (Wildman–Crippen LogP) is 6.18. The van der Waals surface area contributed by atoms with E-state index in [0.717, 1.165) is 36.6 Å². The smallest absolute Gasteiger partial charge is 0.244 e. The molecule has 6 nitrogen and oxygen atoms in total. The van der Waals surface area contributed by atoms with Crippen LogP contribution >= 0.6 is 0 Å². The summed E-state index contributed by atoms with van der Waals surface area (Å²) in [5.41, 5.74) is 4.58. The number of hydrogen-bond donors (Lipinski definition) is 2. The first-order valence-corrected chi connectivity index (χ1v) is 13.4. The van der Waals surface area contributed by atoms with E-state index >= 15 is 0 Å². The summed E-state index contributed by atoms with van der Waals surface area (Å²) >= 11 is 0. The molecule has 0 aliphatic heterocycles. The standard InChI is InChI=1S/C28H41N3O3/c32-27(31-34-20-23-12-5-2-6-13-23)18-24(15-9-14-22-10-3-1-4-11-22)28-30-26(21-33-28)19-29-25-16-7-8-17-25/h2,5-6,12-13,21-22,24-25,29H,1,3-4,7-11,14-20H2,(H,31,32)/t24-/m1/s1. The monoisotopic (exact) mass is 467 g/mol. The van der Waals surface area contributed by atoms with Crippen LogP contribution in [0.5, 0.6) is 0 Å². The number of hydrogen-bond acceptors (Lipinski definition) is 5. The molecule has 4 rings (SSSR count). The molecule has 2 saturated carbocycles. The quantitative estimate of drug-likeness (QED) is 0.344. The molecule has 2 aromatic rings. The van der Waals surface area contributed by atoms with Gasteiger partial charge < -0.3 is 9.73 Å². The van der Waals surface area contributed by atoms with E-state index in [1.54, 1.807) is 6.26 Å². The van der Waals surface area contributed by atoms with Gasteiger partial charge in [0, 0.05) is 24.9 Å². The van der Waals surface area contributed by atoms with Crippen LogP contribution in [0.15, 0.2) is 41.0 Å². The van der Waals surface area contributed by atoms with Gasteiger partial charge in [-0.05, 0) is 30.7 Å². The number of rotatable bonds is 13. The molecule has 0 radical (unpaired) electrons. The van der Waals surface area contributed by atoms with E-state index in [1.807, 2.05) is 30.3 Å². The van der Waals surface area contributed by atoms with Crippen molar-refractivity contribution in [1.29, 1.82) is 0 Å². The molecule has 2 fully saturated rings. The second kappa shape index (κ2) is 13.6. The molecule has 2 aliphatic rings. The molecule has 34 heavy (non-hydrogen) atoms. The zero-order valence-corrected chi connectivity index (χ0v) is 20.5. The normalized spacial score (nSPS) is 18.2. The molecular weight excluding hydrogens is 426 g/mol. The fourth-order valence-corrected chi connectivity index (χ4v) is 5.45. The topological polar surface area (TPSA) is 76.4 Å². The summed E-state index contributed by atoms with van der Waals surface area (Å²) in [7, 11) is 0. The minimum absolute atomic E-state index is 0.0239. The minimum atomic E-state index is -0.123. The Morgan fingerprint density at radius 3 is 2.62 bits per heavy atom. The number of nitrogens with one attached hydrogen (secondary N) is 2. The van der Waals surface area contributed by atoms with E-state index in [9.17, 15) is 4.79 Å². The zero-order chi connectivity index (χ0) is 23.4. The Morgan fingerprint density at radius 2 is 1.82 bits per heavy atom. The summed E-state index contributed by atoms with van der Waals surface area (Å²) < 4.78 is 5.89. The molecule has 1 amide bonds. The molecule has 1 atom stereocenters. The van der Waals surface area contributed by atoms with Gasteiger partial charge in [-0.3, -0.25) is 9.63 Å². The summed E-state index contributed by atoms with van der Waals surface area (Å²) in [6.45, 7) is 1.09. The lowest BCUT2D eigenvalue weighted by molar-refractivity contribution is -0.135. The van der Waals surface area contributed by atoms with Gasteiger partial charge in [0.1, 0.15) is 6.26 Å². The van der Waals surface area contributed by atoms with Crippen LogP contribution in [0.4, 0.5) is 0 Å². The van der Waals surface area contributed by atoms with Crippen molar-refractivity contribution in [3.05, 3.63) is 53.7 Å². The van der Waals surface area contributed by atoms with Crippen molar-refractivity contribution in [3.8, 4) is 0 Å². The van der Waals surface area contributed by atoms with Crippen LogP contribution in [-0.2, 0) is 22.8 Å². The Hall–Kier alpha value is -2.18. The lowest BCUT2D eigenvalue weighted by atomic mass is 9.84. The van der Waals surface area contributed by atoms with Gasteiger partial charge in [0.2, 0.25) is 5.91 Å². The lowest BCUT2D eigenvalue weighted by Crippen LogP contribution is -2.26. The van der Waals surface area contributed by atoms with Gasteiger partial charge in [-0.25, -0.2) is 10.5 Å². The van der Waals surface area contributed by atoms with Gasteiger partial charge in [-0.1, -0.05) is 88.1 Å². The number of benzene rings is 1. The molecule has 1 aromatic heterocycles. The van der Waals surface area contributed by atoms with Crippen molar-refractivity contribution in [2.45, 2.75) is 109 Å². The highest BCUT2D eigenvalue weighted by Gasteiger charge is 2.23. The van der Waals surface area contributed by atoms with Crippen molar-refractivity contribution in [2.75, 3.05) is 0 Å². The van der Waals surface area contributed by atoms with E-state index in [4.69, 9.17) is 14.2 Å².